The number of hydrogen-bond donors (Lipinski definition) is 1. The second-order valence-corrected chi connectivity index (χ2v) is 11.1. The average molecular weight is 497 g/mol. The molecule has 1 N–H and O–H groups in total. The zero-order valence-electron chi connectivity index (χ0n) is 19.8. The first kappa shape index (κ1) is 25.7. The van der Waals surface area contributed by atoms with Crippen molar-refractivity contribution in [1.82, 2.24) is 10.2 Å². The monoisotopic (exact) mass is 496 g/mol. The molecule has 1 aromatic rings. The van der Waals surface area contributed by atoms with Gasteiger partial charge in [0.1, 0.15) is 5.60 Å². The number of esters is 1. The van der Waals surface area contributed by atoms with E-state index in [-0.39, 0.29) is 6.03 Å². The SMILES string of the molecule is C[C@@H](OC(C)(C)C)[C@H](NC(=O)N1CCC(c2ccc(Br)cc2)CC1)C(=O)OC(C)(C)C. The number of ether oxygens (including phenoxy) is 2. The molecule has 1 aliphatic heterocycles. The van der Waals surface area contributed by atoms with Crippen LogP contribution in [0.15, 0.2) is 28.7 Å². The molecule has 0 unspecified atom stereocenters. The molecule has 1 aromatic carbocycles. The van der Waals surface area contributed by atoms with Gasteiger partial charge in [0.05, 0.1) is 11.7 Å². The molecule has 174 valence electrons. The van der Waals surface area contributed by atoms with Gasteiger partial charge in [-0.2, -0.15) is 0 Å². The summed E-state index contributed by atoms with van der Waals surface area (Å²) in [6, 6.07) is 7.24. The normalized spacial score (nSPS) is 17.7. The minimum Gasteiger partial charge on any atom is -0.458 e. The Bertz CT molecular complexity index is 744. The Morgan fingerprint density at radius 1 is 1.03 bits per heavy atom. The van der Waals surface area contributed by atoms with E-state index in [0.717, 1.165) is 17.3 Å². The number of nitrogens with zero attached hydrogens (tertiary/aromatic N) is 1. The standard InChI is InChI=1S/C24H37BrN2O4/c1-16(30-23(2,3)4)20(21(28)31-24(5,6)7)26-22(29)27-14-12-18(13-15-27)17-8-10-19(25)11-9-17/h8-11,16,18,20H,12-15H2,1-7H3,(H,26,29)/t16-,20+/m1/s1. The molecule has 0 saturated carbocycles. The molecule has 0 spiro atoms. The molecule has 31 heavy (non-hydrogen) atoms. The van der Waals surface area contributed by atoms with Gasteiger partial charge in [0.15, 0.2) is 6.04 Å². The molecule has 1 saturated heterocycles. The summed E-state index contributed by atoms with van der Waals surface area (Å²) in [6.07, 6.45) is 1.25. The quantitative estimate of drug-likeness (QED) is 0.565. The van der Waals surface area contributed by atoms with Gasteiger partial charge in [-0.15, -0.1) is 0 Å². The van der Waals surface area contributed by atoms with E-state index in [1.807, 2.05) is 41.5 Å². The van der Waals surface area contributed by atoms with Crippen molar-refractivity contribution in [3.8, 4) is 0 Å². The van der Waals surface area contributed by atoms with Crippen LogP contribution in [0.2, 0.25) is 0 Å². The summed E-state index contributed by atoms with van der Waals surface area (Å²) < 4.78 is 12.6. The maximum atomic E-state index is 13.0. The summed E-state index contributed by atoms with van der Waals surface area (Å²) in [5.41, 5.74) is 0.194. The Hall–Kier alpha value is -1.60. The van der Waals surface area contributed by atoms with Gasteiger partial charge in [0, 0.05) is 17.6 Å². The fourth-order valence-corrected chi connectivity index (χ4v) is 4.00. The van der Waals surface area contributed by atoms with Crippen LogP contribution in [-0.2, 0) is 14.3 Å². The maximum absolute atomic E-state index is 13.0. The Kier molecular flexibility index (Phi) is 8.56. The molecule has 2 amide bonds. The predicted molar refractivity (Wildman–Crippen MR) is 126 cm³/mol. The number of likely N-dealkylation sites (tertiary alicyclic amines) is 1. The van der Waals surface area contributed by atoms with Crippen LogP contribution in [0.4, 0.5) is 4.79 Å². The van der Waals surface area contributed by atoms with E-state index < -0.39 is 29.3 Å². The highest BCUT2D eigenvalue weighted by Gasteiger charge is 2.35. The topological polar surface area (TPSA) is 67.9 Å². The third-order valence-corrected chi connectivity index (χ3v) is 5.60. The molecule has 1 fully saturated rings. The zero-order chi connectivity index (χ0) is 23.4. The number of carbonyl (C=O) groups excluding carboxylic acids is 2. The number of urea groups is 1. The van der Waals surface area contributed by atoms with Gasteiger partial charge < -0.3 is 19.7 Å². The van der Waals surface area contributed by atoms with E-state index in [9.17, 15) is 9.59 Å². The van der Waals surface area contributed by atoms with Crippen LogP contribution in [0.5, 0.6) is 0 Å². The lowest BCUT2D eigenvalue weighted by atomic mass is 9.89. The van der Waals surface area contributed by atoms with Gasteiger partial charge in [0.25, 0.3) is 0 Å². The highest BCUT2D eigenvalue weighted by molar-refractivity contribution is 9.10. The number of halogens is 1. The van der Waals surface area contributed by atoms with Gasteiger partial charge in [-0.05, 0) is 84.9 Å². The van der Waals surface area contributed by atoms with Crippen LogP contribution in [0, 0.1) is 0 Å². The van der Waals surface area contributed by atoms with Crippen LogP contribution in [0.3, 0.4) is 0 Å². The molecular weight excluding hydrogens is 460 g/mol. The van der Waals surface area contributed by atoms with Crippen LogP contribution < -0.4 is 5.32 Å². The molecule has 7 heteroatoms. The Morgan fingerprint density at radius 3 is 2.06 bits per heavy atom. The van der Waals surface area contributed by atoms with Crippen molar-refractivity contribution in [2.24, 2.45) is 0 Å². The van der Waals surface area contributed by atoms with Crippen LogP contribution in [0.25, 0.3) is 0 Å². The Labute approximate surface area is 195 Å². The van der Waals surface area contributed by atoms with Gasteiger partial charge in [-0.3, -0.25) is 0 Å². The van der Waals surface area contributed by atoms with Crippen LogP contribution in [0.1, 0.15) is 72.8 Å². The van der Waals surface area contributed by atoms with E-state index in [1.54, 1.807) is 11.8 Å². The van der Waals surface area contributed by atoms with Crippen molar-refractivity contribution in [3.05, 3.63) is 34.3 Å². The summed E-state index contributed by atoms with van der Waals surface area (Å²) in [6.45, 7) is 14.3. The summed E-state index contributed by atoms with van der Waals surface area (Å²) >= 11 is 3.47. The number of carbonyl (C=O) groups is 2. The first-order valence-electron chi connectivity index (χ1n) is 11.0. The molecule has 6 nitrogen and oxygen atoms in total. The first-order valence-corrected chi connectivity index (χ1v) is 11.8. The number of amides is 2. The molecule has 1 aliphatic rings. The molecule has 0 aliphatic carbocycles. The van der Waals surface area contributed by atoms with E-state index >= 15 is 0 Å². The molecule has 0 radical (unpaired) electrons. The minimum atomic E-state index is -0.879. The van der Waals surface area contributed by atoms with Gasteiger partial charge in [-0.25, -0.2) is 9.59 Å². The number of piperidine rings is 1. The lowest BCUT2D eigenvalue weighted by Gasteiger charge is -2.35. The van der Waals surface area contributed by atoms with Crippen molar-refractivity contribution in [1.29, 1.82) is 0 Å². The lowest BCUT2D eigenvalue weighted by molar-refractivity contribution is -0.164. The van der Waals surface area contributed by atoms with Crippen molar-refractivity contribution < 1.29 is 19.1 Å². The van der Waals surface area contributed by atoms with Gasteiger partial charge in [0.2, 0.25) is 0 Å². The molecule has 0 bridgehead atoms. The average Bonchev–Trinajstić information content (AvgIpc) is 2.63. The smallest absolute Gasteiger partial charge is 0.331 e. The van der Waals surface area contributed by atoms with Gasteiger partial charge in [-0.1, -0.05) is 28.1 Å². The summed E-state index contributed by atoms with van der Waals surface area (Å²) in [5.74, 6) is -0.0516. The van der Waals surface area contributed by atoms with Crippen molar-refractivity contribution >= 4 is 27.9 Å². The first-order chi connectivity index (χ1) is 14.2. The van der Waals surface area contributed by atoms with Crippen molar-refractivity contribution in [3.63, 3.8) is 0 Å². The number of hydrogen-bond acceptors (Lipinski definition) is 4. The molecule has 2 rings (SSSR count). The Balaban J connectivity index is 2.02. The fraction of sp³-hybridized carbons (Fsp3) is 0.667. The van der Waals surface area contributed by atoms with E-state index in [2.05, 4.69) is 45.5 Å². The van der Waals surface area contributed by atoms with Crippen molar-refractivity contribution in [2.45, 2.75) is 90.6 Å². The van der Waals surface area contributed by atoms with Crippen LogP contribution in [-0.4, -0.2) is 53.3 Å². The molecule has 0 aromatic heterocycles. The lowest BCUT2D eigenvalue weighted by Crippen LogP contribution is -2.56. The Morgan fingerprint density at radius 2 is 1.58 bits per heavy atom. The summed E-state index contributed by atoms with van der Waals surface area (Å²) in [5, 5.41) is 2.87. The summed E-state index contributed by atoms with van der Waals surface area (Å²) in [4.78, 5) is 27.6. The number of nitrogens with one attached hydrogen (secondary N) is 1. The summed E-state index contributed by atoms with van der Waals surface area (Å²) in [7, 11) is 0. The van der Waals surface area contributed by atoms with E-state index in [1.165, 1.54) is 5.56 Å². The third kappa shape index (κ3) is 8.45. The van der Waals surface area contributed by atoms with Gasteiger partial charge >= 0.3 is 12.0 Å². The third-order valence-electron chi connectivity index (χ3n) is 5.07. The van der Waals surface area contributed by atoms with Crippen LogP contribution >= 0.6 is 15.9 Å². The van der Waals surface area contributed by atoms with E-state index in [4.69, 9.17) is 9.47 Å². The highest BCUT2D eigenvalue weighted by Crippen LogP contribution is 2.29. The zero-order valence-corrected chi connectivity index (χ0v) is 21.4. The molecule has 2 atom stereocenters. The largest absolute Gasteiger partial charge is 0.458 e. The molecule has 1 heterocycles. The predicted octanol–water partition coefficient (Wildman–Crippen LogP) is 5.25. The maximum Gasteiger partial charge on any atom is 0.331 e. The van der Waals surface area contributed by atoms with Crippen molar-refractivity contribution in [2.75, 3.05) is 13.1 Å². The molecular formula is C24H37BrN2O4. The number of benzene rings is 1. The number of rotatable bonds is 5. The second kappa shape index (κ2) is 10.3. The fourth-order valence-electron chi connectivity index (χ4n) is 3.73. The van der Waals surface area contributed by atoms with E-state index in [0.29, 0.717) is 19.0 Å². The second-order valence-electron chi connectivity index (χ2n) is 10.2. The highest BCUT2D eigenvalue weighted by atomic mass is 79.9. The minimum absolute atomic E-state index is 0.255.